The number of anilines is 5. The summed E-state index contributed by atoms with van der Waals surface area (Å²) in [5, 5.41) is 25.0. The number of phenolic OH excluding ortho intramolecular Hbond substituents is 1. The monoisotopic (exact) mass is 950 g/mol. The van der Waals surface area contributed by atoms with Crippen LogP contribution in [0.3, 0.4) is 0 Å². The molecule has 0 saturated carbocycles. The summed E-state index contributed by atoms with van der Waals surface area (Å²) in [6, 6.07) is 16.7. The Morgan fingerprint density at radius 1 is 0.656 bits per heavy atom. The second-order valence-corrected chi connectivity index (χ2v) is 17.6. The molecule has 0 aliphatic rings. The molecule has 29 heteroatoms. The van der Waals surface area contributed by atoms with Crippen LogP contribution in [0, 0.1) is 0 Å². The molecule has 1 heterocycles. The Hall–Kier alpha value is -4.23. The van der Waals surface area contributed by atoms with E-state index < -0.39 is 99.5 Å². The molecule has 0 bridgehead atoms. The summed E-state index contributed by atoms with van der Waals surface area (Å²) in [6.45, 7) is 0. The van der Waals surface area contributed by atoms with E-state index in [1.807, 2.05) is 0 Å². The van der Waals surface area contributed by atoms with Crippen LogP contribution < -0.4 is 75.1 Å². The first-order valence-electron chi connectivity index (χ1n) is 15.7. The number of benzene rings is 5. The molecule has 1 aromatic heterocycles. The van der Waals surface area contributed by atoms with Crippen molar-refractivity contribution in [1.29, 1.82) is 0 Å². The fourth-order valence-corrected chi connectivity index (χ4v) is 7.62. The Morgan fingerprint density at radius 2 is 1.25 bits per heavy atom. The molecule has 6 aromatic rings. The molecule has 0 spiro atoms. The van der Waals surface area contributed by atoms with Crippen molar-refractivity contribution in [1.82, 2.24) is 15.0 Å². The van der Waals surface area contributed by atoms with E-state index in [0.29, 0.717) is 18.2 Å². The van der Waals surface area contributed by atoms with Gasteiger partial charge in [0.05, 0.1) is 20.4 Å². The molecule has 0 fully saturated rings. The quantitative estimate of drug-likeness (QED) is 0.0479. The molecule has 0 unspecified atom stereocenters. The molecule has 0 radical (unpaired) electrons. The van der Waals surface area contributed by atoms with Gasteiger partial charge < -0.3 is 30.2 Å². The van der Waals surface area contributed by atoms with Crippen molar-refractivity contribution in [3.05, 3.63) is 102 Å². The Balaban J connectivity index is 0.00000410. The van der Waals surface area contributed by atoms with Crippen LogP contribution in [0.25, 0.3) is 10.8 Å². The van der Waals surface area contributed by atoms with Crippen LogP contribution in [0.5, 0.6) is 5.75 Å². The standard InChI is InChI=1S/C32H23ClN8O14S4.2Na/c33-30-37-31(34-18-6-9-20(10-7-18)56(44,45)46)39-32(38-30)35-19-8-11-24(58(50,51)52)22(14-19)40-41-27-25(59(53,54)55)13-17-12-21(57(47,48)49)15-23(26(17)28(27)42)36-29(43)16-4-2-1-3-5-16;;/h1-15,42H,(H,36,43)(H,44,45,46)(H,47,48,49)(H,50,51,52)(H,53,54,55)(H2,34,35,37,38,39);;/q;2*+1/p-2. The summed E-state index contributed by atoms with van der Waals surface area (Å²) in [4.78, 5) is 21.3. The number of rotatable bonds is 12. The van der Waals surface area contributed by atoms with Gasteiger partial charge in [-0.05, 0) is 89.8 Å². The second kappa shape index (κ2) is 19.0. The Bertz CT molecular complexity index is 3190. The second-order valence-electron chi connectivity index (χ2n) is 11.7. The van der Waals surface area contributed by atoms with Gasteiger partial charge in [-0.1, -0.05) is 18.2 Å². The third-order valence-electron chi connectivity index (χ3n) is 7.73. The maximum atomic E-state index is 13.1. The molecule has 0 saturated heterocycles. The average molecular weight is 951 g/mol. The predicted octanol–water partition coefficient (Wildman–Crippen LogP) is -1.15. The van der Waals surface area contributed by atoms with E-state index in [2.05, 4.69) is 41.1 Å². The first-order chi connectivity index (χ1) is 27.5. The van der Waals surface area contributed by atoms with Gasteiger partial charge in [0.15, 0.2) is 5.75 Å². The maximum Gasteiger partial charge on any atom is 1.00 e. The number of hydrogen-bond donors (Lipinski definition) is 6. The van der Waals surface area contributed by atoms with Crippen LogP contribution in [0.1, 0.15) is 10.4 Å². The molecule has 0 atom stereocenters. The van der Waals surface area contributed by atoms with Crippen LogP contribution in [-0.2, 0) is 40.5 Å². The molecule has 6 rings (SSSR count). The fraction of sp³-hybridized carbons (Fsp3) is 0. The van der Waals surface area contributed by atoms with E-state index in [0.717, 1.165) is 30.3 Å². The van der Waals surface area contributed by atoms with Gasteiger partial charge >= 0.3 is 59.1 Å². The molecular weight excluding hydrogens is 930 g/mol. The number of nitrogens with one attached hydrogen (secondary N) is 3. The molecule has 61 heavy (non-hydrogen) atoms. The number of hydrogen-bond acceptors (Lipinski definition) is 19. The minimum atomic E-state index is -5.64. The normalized spacial score (nSPS) is 12.0. The number of halogens is 1. The van der Waals surface area contributed by atoms with Gasteiger partial charge in [-0.25, -0.2) is 16.8 Å². The number of carbonyl (C=O) groups is 1. The van der Waals surface area contributed by atoms with Crippen LogP contribution in [-0.4, -0.2) is 77.8 Å². The van der Waals surface area contributed by atoms with E-state index in [4.69, 9.17) is 11.6 Å². The molecule has 22 nitrogen and oxygen atoms in total. The topological polar surface area (TPSA) is 360 Å². The van der Waals surface area contributed by atoms with Crippen LogP contribution in [0.15, 0.2) is 121 Å². The zero-order valence-corrected chi connectivity index (χ0v) is 38.8. The van der Waals surface area contributed by atoms with Crippen LogP contribution >= 0.6 is 11.6 Å². The van der Waals surface area contributed by atoms with Gasteiger partial charge in [0, 0.05) is 22.3 Å². The van der Waals surface area contributed by atoms with Crippen LogP contribution in [0.2, 0.25) is 5.28 Å². The number of carbonyl (C=O) groups excluding carboxylic acids is 1. The van der Waals surface area contributed by atoms with E-state index in [-0.39, 0.29) is 93.2 Å². The smallest absolute Gasteiger partial charge is 0.744 e. The maximum absolute atomic E-state index is 13.1. The molecule has 0 aliphatic heterocycles. The SMILES string of the molecule is O=C(Nc1cc(S(=O)(=O)[O-])cc2cc(S(=O)(=O)[O-])c(N=Nc3cc(Nc4nc(Cl)nc(Nc5ccc(S(=O)(=O)O)cc5)n4)ccc3S(=O)(=O)O)c(O)c12)c1ccccc1.[Na+].[Na+]. The number of aromatic nitrogens is 3. The Labute approximate surface area is 394 Å². The van der Waals surface area contributed by atoms with Gasteiger partial charge in [0.1, 0.15) is 36.5 Å². The third kappa shape index (κ3) is 12.0. The average Bonchev–Trinajstić information content (AvgIpc) is 3.13. The van der Waals surface area contributed by atoms with E-state index in [1.165, 1.54) is 36.4 Å². The zero-order valence-electron chi connectivity index (χ0n) is 30.7. The largest absolute Gasteiger partial charge is 1.00 e. The first kappa shape index (κ1) is 49.4. The number of nitrogens with zero attached hydrogens (tertiary/aromatic N) is 5. The van der Waals surface area contributed by atoms with Gasteiger partial charge in [-0.15, -0.1) is 10.2 Å². The number of aromatic hydroxyl groups is 1. The molecule has 5 aromatic carbocycles. The number of amides is 1. The minimum Gasteiger partial charge on any atom is -0.744 e. The summed E-state index contributed by atoms with van der Waals surface area (Å²) in [7, 11) is -20.5. The minimum absolute atomic E-state index is 0. The summed E-state index contributed by atoms with van der Waals surface area (Å²) < 4.78 is 140. The zero-order chi connectivity index (χ0) is 43.1. The molecule has 306 valence electrons. The van der Waals surface area contributed by atoms with Gasteiger partial charge in [-0.3, -0.25) is 13.9 Å². The Kier molecular flexibility index (Phi) is 15.4. The molecule has 1 amide bonds. The van der Waals surface area contributed by atoms with E-state index in [1.54, 1.807) is 6.07 Å². The number of phenols is 1. The van der Waals surface area contributed by atoms with Crippen molar-refractivity contribution in [3.63, 3.8) is 0 Å². The summed E-state index contributed by atoms with van der Waals surface area (Å²) in [5.74, 6) is -2.57. The van der Waals surface area contributed by atoms with Crippen molar-refractivity contribution >= 4 is 109 Å². The summed E-state index contributed by atoms with van der Waals surface area (Å²) in [5.41, 5.74) is -2.25. The molecule has 6 N–H and O–H groups in total. The number of azo groups is 1. The fourth-order valence-electron chi connectivity index (χ4n) is 5.20. The third-order valence-corrected chi connectivity index (χ3v) is 11.3. The summed E-state index contributed by atoms with van der Waals surface area (Å²) in [6.07, 6.45) is 0. The Morgan fingerprint density at radius 3 is 1.80 bits per heavy atom. The van der Waals surface area contributed by atoms with Gasteiger partial charge in [-0.2, -0.15) is 31.8 Å². The van der Waals surface area contributed by atoms with Gasteiger partial charge in [0.2, 0.25) is 17.2 Å². The molecular formula is C32H21ClN8Na2O14S4. The van der Waals surface area contributed by atoms with Crippen molar-refractivity contribution in [2.24, 2.45) is 10.2 Å². The van der Waals surface area contributed by atoms with Crippen molar-refractivity contribution in [3.8, 4) is 5.75 Å². The predicted molar refractivity (Wildman–Crippen MR) is 204 cm³/mol. The van der Waals surface area contributed by atoms with Crippen LogP contribution in [0.4, 0.5) is 40.3 Å². The van der Waals surface area contributed by atoms with Crippen molar-refractivity contribution in [2.75, 3.05) is 16.0 Å². The van der Waals surface area contributed by atoms with Crippen molar-refractivity contribution < 1.29 is 121 Å². The molecule has 0 aliphatic carbocycles. The summed E-state index contributed by atoms with van der Waals surface area (Å²) >= 11 is 6.04. The van der Waals surface area contributed by atoms with Gasteiger partial charge in [0.25, 0.3) is 26.1 Å². The number of fused-ring (bicyclic) bond motifs is 1. The first-order valence-corrected chi connectivity index (χ1v) is 21.7. The van der Waals surface area contributed by atoms with Crippen molar-refractivity contribution in [2.45, 2.75) is 19.6 Å². The van der Waals surface area contributed by atoms with E-state index in [9.17, 15) is 61.8 Å². The van der Waals surface area contributed by atoms with E-state index >= 15 is 0 Å².